The molecule has 2 saturated carbocycles. The third kappa shape index (κ3) is 2.78. The van der Waals surface area contributed by atoms with Crippen molar-refractivity contribution in [2.45, 2.75) is 77.3 Å². The molecule has 2 bridgehead atoms. The van der Waals surface area contributed by atoms with Gasteiger partial charge in [-0.05, 0) is 69.7 Å². The maximum absolute atomic E-state index is 3.87. The Balaban J connectivity index is 1.66. The van der Waals surface area contributed by atoms with Gasteiger partial charge in [0.2, 0.25) is 0 Å². The van der Waals surface area contributed by atoms with E-state index in [-0.39, 0.29) is 0 Å². The van der Waals surface area contributed by atoms with Gasteiger partial charge < -0.3 is 5.32 Å². The first-order valence-corrected chi connectivity index (χ1v) is 9.15. The van der Waals surface area contributed by atoms with E-state index < -0.39 is 0 Å². The normalized spacial score (nSPS) is 41.0. The molecule has 2 aliphatic carbocycles. The highest BCUT2D eigenvalue weighted by molar-refractivity contribution is 4.96. The van der Waals surface area contributed by atoms with Crippen LogP contribution in [0.25, 0.3) is 0 Å². The van der Waals surface area contributed by atoms with E-state index >= 15 is 0 Å². The molecule has 0 spiro atoms. The maximum atomic E-state index is 3.87. The summed E-state index contributed by atoms with van der Waals surface area (Å²) < 4.78 is 0. The fourth-order valence-electron chi connectivity index (χ4n) is 5.20. The van der Waals surface area contributed by atoms with Gasteiger partial charge in [-0.15, -0.1) is 0 Å². The van der Waals surface area contributed by atoms with E-state index in [1.54, 1.807) is 6.42 Å². The monoisotopic (exact) mass is 278 g/mol. The second kappa shape index (κ2) is 5.96. The molecule has 2 heteroatoms. The van der Waals surface area contributed by atoms with E-state index in [1.165, 1.54) is 58.2 Å². The van der Waals surface area contributed by atoms with Crippen LogP contribution < -0.4 is 5.32 Å². The topological polar surface area (TPSA) is 15.3 Å². The SMILES string of the molecule is CCC1(CC)CN(CC2CC3CCC2C3)C(C)CCN1. The summed E-state index contributed by atoms with van der Waals surface area (Å²) in [5.41, 5.74) is 0.377. The first-order chi connectivity index (χ1) is 9.65. The summed E-state index contributed by atoms with van der Waals surface area (Å²) in [5, 5.41) is 3.87. The van der Waals surface area contributed by atoms with Crippen LogP contribution in [0.5, 0.6) is 0 Å². The third-order valence-electron chi connectivity index (χ3n) is 6.90. The van der Waals surface area contributed by atoms with Crippen molar-refractivity contribution in [3.63, 3.8) is 0 Å². The van der Waals surface area contributed by atoms with E-state index in [0.717, 1.165) is 23.8 Å². The van der Waals surface area contributed by atoms with Crippen LogP contribution in [0, 0.1) is 17.8 Å². The van der Waals surface area contributed by atoms with Crippen LogP contribution in [-0.4, -0.2) is 36.1 Å². The van der Waals surface area contributed by atoms with Gasteiger partial charge in [0, 0.05) is 24.7 Å². The number of nitrogens with zero attached hydrogens (tertiary/aromatic N) is 1. The quantitative estimate of drug-likeness (QED) is 0.844. The van der Waals surface area contributed by atoms with Crippen molar-refractivity contribution in [3.8, 4) is 0 Å². The number of fused-ring (bicyclic) bond motifs is 2. The molecule has 4 atom stereocenters. The zero-order valence-corrected chi connectivity index (χ0v) is 13.8. The van der Waals surface area contributed by atoms with Crippen LogP contribution in [-0.2, 0) is 0 Å². The average molecular weight is 278 g/mol. The highest BCUT2D eigenvalue weighted by Gasteiger charge is 2.41. The lowest BCUT2D eigenvalue weighted by Gasteiger charge is -2.39. The molecule has 20 heavy (non-hydrogen) atoms. The fraction of sp³-hybridized carbons (Fsp3) is 1.00. The van der Waals surface area contributed by atoms with Crippen LogP contribution in [0.2, 0.25) is 0 Å². The highest BCUT2D eigenvalue weighted by atomic mass is 15.2. The largest absolute Gasteiger partial charge is 0.310 e. The van der Waals surface area contributed by atoms with Gasteiger partial charge in [0.1, 0.15) is 0 Å². The summed E-state index contributed by atoms with van der Waals surface area (Å²) in [6, 6.07) is 0.765. The Bertz CT molecular complexity index is 323. The first-order valence-electron chi connectivity index (χ1n) is 9.15. The van der Waals surface area contributed by atoms with Crippen molar-refractivity contribution >= 4 is 0 Å². The third-order valence-corrected chi connectivity index (χ3v) is 6.90. The van der Waals surface area contributed by atoms with E-state index in [0.29, 0.717) is 5.54 Å². The van der Waals surface area contributed by atoms with E-state index in [1.807, 2.05) is 0 Å². The maximum Gasteiger partial charge on any atom is 0.0303 e. The number of nitrogens with one attached hydrogen (secondary N) is 1. The van der Waals surface area contributed by atoms with Gasteiger partial charge in [-0.2, -0.15) is 0 Å². The smallest absolute Gasteiger partial charge is 0.0303 e. The molecule has 0 radical (unpaired) electrons. The van der Waals surface area contributed by atoms with Crippen molar-refractivity contribution in [1.29, 1.82) is 0 Å². The molecule has 1 aliphatic heterocycles. The summed E-state index contributed by atoms with van der Waals surface area (Å²) in [6.45, 7) is 11.0. The molecule has 2 nitrogen and oxygen atoms in total. The van der Waals surface area contributed by atoms with Crippen LogP contribution in [0.4, 0.5) is 0 Å². The summed E-state index contributed by atoms with van der Waals surface area (Å²) in [4.78, 5) is 2.85. The lowest BCUT2D eigenvalue weighted by Crippen LogP contribution is -2.52. The zero-order chi connectivity index (χ0) is 14.2. The van der Waals surface area contributed by atoms with E-state index in [9.17, 15) is 0 Å². The predicted molar refractivity (Wildman–Crippen MR) is 85.9 cm³/mol. The number of rotatable bonds is 4. The molecular weight excluding hydrogens is 244 g/mol. The average Bonchev–Trinajstić information content (AvgIpc) is 3.03. The summed E-state index contributed by atoms with van der Waals surface area (Å²) in [7, 11) is 0. The van der Waals surface area contributed by atoms with Crippen molar-refractivity contribution < 1.29 is 0 Å². The molecule has 0 aromatic heterocycles. The Morgan fingerprint density at radius 3 is 2.50 bits per heavy atom. The second-order valence-electron chi connectivity index (χ2n) is 7.92. The molecule has 3 aliphatic rings. The summed E-state index contributed by atoms with van der Waals surface area (Å²) in [5.74, 6) is 3.18. The van der Waals surface area contributed by atoms with Crippen LogP contribution in [0.1, 0.15) is 65.7 Å². The molecule has 0 amide bonds. The van der Waals surface area contributed by atoms with Crippen molar-refractivity contribution in [2.75, 3.05) is 19.6 Å². The molecule has 3 fully saturated rings. The minimum Gasteiger partial charge on any atom is -0.310 e. The molecule has 4 unspecified atom stereocenters. The number of hydrogen-bond acceptors (Lipinski definition) is 2. The van der Waals surface area contributed by atoms with Crippen molar-refractivity contribution in [3.05, 3.63) is 0 Å². The van der Waals surface area contributed by atoms with Crippen molar-refractivity contribution in [1.82, 2.24) is 10.2 Å². The molecule has 1 heterocycles. The standard InChI is InChI=1S/C18H34N2/c1-4-18(5-2)13-20(14(3)8-9-19-18)12-17-11-15-6-7-16(17)10-15/h14-17,19H,4-13H2,1-3H3. The zero-order valence-electron chi connectivity index (χ0n) is 13.8. The molecule has 0 aromatic carbocycles. The minimum absolute atomic E-state index is 0.377. The van der Waals surface area contributed by atoms with Crippen LogP contribution in [0.15, 0.2) is 0 Å². The molecule has 1 N–H and O–H groups in total. The Morgan fingerprint density at radius 2 is 1.90 bits per heavy atom. The Morgan fingerprint density at radius 1 is 1.10 bits per heavy atom. The Hall–Kier alpha value is -0.0800. The van der Waals surface area contributed by atoms with E-state index in [2.05, 4.69) is 31.0 Å². The van der Waals surface area contributed by atoms with Gasteiger partial charge in [0.15, 0.2) is 0 Å². The van der Waals surface area contributed by atoms with Gasteiger partial charge in [-0.1, -0.05) is 20.3 Å². The first kappa shape index (κ1) is 14.8. The van der Waals surface area contributed by atoms with Gasteiger partial charge in [-0.25, -0.2) is 0 Å². The van der Waals surface area contributed by atoms with E-state index in [4.69, 9.17) is 0 Å². The molecule has 116 valence electrons. The molecule has 3 rings (SSSR count). The molecule has 0 aromatic rings. The van der Waals surface area contributed by atoms with Gasteiger partial charge >= 0.3 is 0 Å². The van der Waals surface area contributed by atoms with Gasteiger partial charge in [-0.3, -0.25) is 4.90 Å². The predicted octanol–water partition coefficient (Wildman–Crippen LogP) is 3.67. The van der Waals surface area contributed by atoms with Gasteiger partial charge in [0.05, 0.1) is 0 Å². The minimum atomic E-state index is 0.377. The molecule has 1 saturated heterocycles. The Labute approximate surface area is 125 Å². The highest BCUT2D eigenvalue weighted by Crippen LogP contribution is 2.48. The lowest BCUT2D eigenvalue weighted by molar-refractivity contribution is 0.119. The van der Waals surface area contributed by atoms with Crippen LogP contribution in [0.3, 0.4) is 0 Å². The summed E-state index contributed by atoms with van der Waals surface area (Å²) in [6.07, 6.45) is 10.0. The van der Waals surface area contributed by atoms with Crippen molar-refractivity contribution in [2.24, 2.45) is 17.8 Å². The summed E-state index contributed by atoms with van der Waals surface area (Å²) >= 11 is 0. The van der Waals surface area contributed by atoms with Gasteiger partial charge in [0.25, 0.3) is 0 Å². The number of hydrogen-bond donors (Lipinski definition) is 1. The second-order valence-corrected chi connectivity index (χ2v) is 7.92. The Kier molecular flexibility index (Phi) is 4.42. The van der Waals surface area contributed by atoms with Crippen LogP contribution >= 0.6 is 0 Å². The fourth-order valence-corrected chi connectivity index (χ4v) is 5.20. The molecular formula is C18H34N2. The lowest BCUT2D eigenvalue weighted by atomic mass is 9.87.